The van der Waals surface area contributed by atoms with Gasteiger partial charge in [0.15, 0.2) is 37.7 Å². The van der Waals surface area contributed by atoms with Crippen molar-refractivity contribution in [3.8, 4) is 45.9 Å². The summed E-state index contributed by atoms with van der Waals surface area (Å²) in [6.07, 6.45) is 1.70. The number of morpholine rings is 2. The third-order valence-electron chi connectivity index (χ3n) is 12.8. The third-order valence-corrected chi connectivity index (χ3v) is 13.9. The highest BCUT2D eigenvalue weighted by Crippen LogP contribution is 2.33. The highest BCUT2D eigenvalue weighted by atomic mass is 35.5. The number of nitrogens with two attached hydrogens (primary N) is 3. The Morgan fingerprint density at radius 2 is 0.963 bits per heavy atom. The molecule has 0 aliphatic carbocycles. The molecule has 12 rings (SSSR count). The molecule has 414 valence electrons. The van der Waals surface area contributed by atoms with Gasteiger partial charge in [-0.1, -0.05) is 46.4 Å². The number of rotatable bonds is 7. The number of ether oxygens (including phenoxy) is 4. The second-order valence-electron chi connectivity index (χ2n) is 18.4. The summed E-state index contributed by atoms with van der Waals surface area (Å²) in [7, 11) is 0. The number of hydrogen-bond acceptors (Lipinski definition) is 20. The molecule has 0 bridgehead atoms. The van der Waals surface area contributed by atoms with Gasteiger partial charge >= 0.3 is 0 Å². The Kier molecular flexibility index (Phi) is 18.5. The van der Waals surface area contributed by atoms with Crippen LogP contribution in [0.4, 0.5) is 28.6 Å². The van der Waals surface area contributed by atoms with Gasteiger partial charge in [0.1, 0.15) is 75.3 Å². The zero-order valence-electron chi connectivity index (χ0n) is 44.1. The molecule has 0 saturated carbocycles. The quantitative estimate of drug-likeness (QED) is 0.0928. The lowest BCUT2D eigenvalue weighted by Gasteiger charge is -2.28. The van der Waals surface area contributed by atoms with Gasteiger partial charge in [0.2, 0.25) is 0 Å². The van der Waals surface area contributed by atoms with Crippen molar-refractivity contribution < 1.29 is 18.9 Å². The first kappa shape index (κ1) is 57.0. The molecule has 0 radical (unpaired) electrons. The average Bonchev–Trinajstić information content (AvgIpc) is 4.19. The minimum Gasteiger partial charge on any atom is -0.489 e. The molecule has 3 aliphatic rings. The average molecular weight is 1160 g/mol. The zero-order chi connectivity index (χ0) is 56.5. The van der Waals surface area contributed by atoms with Crippen LogP contribution in [0, 0.1) is 39.0 Å². The molecule has 6 aromatic heterocycles. The summed E-state index contributed by atoms with van der Waals surface area (Å²) in [4.78, 5) is 53.4. The maximum Gasteiger partial charge on any atom is 0.183 e. The van der Waals surface area contributed by atoms with Crippen LogP contribution in [-0.4, -0.2) is 132 Å². The predicted molar refractivity (Wildman–Crippen MR) is 311 cm³/mol. The Morgan fingerprint density at radius 3 is 1.49 bits per heavy atom. The van der Waals surface area contributed by atoms with E-state index >= 15 is 0 Å². The molecule has 3 aliphatic heterocycles. The van der Waals surface area contributed by atoms with Gasteiger partial charge in [-0.15, -0.1) is 0 Å². The van der Waals surface area contributed by atoms with Crippen LogP contribution in [0.15, 0.2) is 66.7 Å². The highest BCUT2D eigenvalue weighted by molar-refractivity contribution is 6.37. The van der Waals surface area contributed by atoms with Crippen LogP contribution in [0.2, 0.25) is 20.6 Å². The van der Waals surface area contributed by atoms with Gasteiger partial charge in [-0.05, 0) is 94.4 Å². The number of nitrogens with zero attached hydrogens (tertiary/aromatic N) is 13. The normalized spacial score (nSPS) is 14.5. The van der Waals surface area contributed by atoms with E-state index in [-0.39, 0.29) is 38.8 Å². The smallest absolute Gasteiger partial charge is 0.183 e. The van der Waals surface area contributed by atoms with E-state index < -0.39 is 0 Å². The van der Waals surface area contributed by atoms with Crippen molar-refractivity contribution in [1.82, 2.24) is 59.8 Å². The van der Waals surface area contributed by atoms with Crippen LogP contribution in [0.3, 0.4) is 0 Å². The Hall–Kier alpha value is -7.75. The molecule has 8 N–H and O–H groups in total. The van der Waals surface area contributed by atoms with Crippen molar-refractivity contribution >= 4 is 97.3 Å². The van der Waals surface area contributed by atoms with Crippen molar-refractivity contribution in [2.75, 3.05) is 92.8 Å². The Labute approximate surface area is 480 Å². The third kappa shape index (κ3) is 14.0. The number of halogens is 4. The molecule has 22 nitrogen and oxygen atoms in total. The summed E-state index contributed by atoms with van der Waals surface area (Å²) in [5.41, 5.74) is 25.5. The van der Waals surface area contributed by atoms with Crippen LogP contribution in [0.25, 0.3) is 56.4 Å². The van der Waals surface area contributed by atoms with Crippen molar-refractivity contribution in [3.05, 3.63) is 116 Å². The number of H-pyrrole nitrogens is 2. The van der Waals surface area contributed by atoms with Crippen molar-refractivity contribution in [1.29, 1.82) is 5.26 Å². The maximum absolute atomic E-state index is 9.84. The number of aromatic amines is 2. The van der Waals surface area contributed by atoms with Gasteiger partial charge in [0, 0.05) is 67.1 Å². The molecule has 26 heteroatoms. The van der Waals surface area contributed by atoms with E-state index in [1.807, 2.05) is 25.1 Å². The number of aromatic nitrogens is 12. The first-order chi connectivity index (χ1) is 38.6. The van der Waals surface area contributed by atoms with E-state index in [0.717, 1.165) is 99.3 Å². The number of anilines is 5. The van der Waals surface area contributed by atoms with E-state index in [2.05, 4.69) is 114 Å². The van der Waals surface area contributed by atoms with Crippen LogP contribution in [0.1, 0.15) is 41.7 Å². The summed E-state index contributed by atoms with van der Waals surface area (Å²) >= 11 is 22.8. The molecule has 3 aromatic carbocycles. The zero-order valence-corrected chi connectivity index (χ0v) is 47.1. The SMILES string of the molecule is Cc1nc(-c2ccc(OC3CCOCC3)c(C#N)c2)c2[nH]c(-c3ccc(N4CCOCC4)cc3)nc2n1.Cc1nc(Cl)c(N)c(Cl)n1.Cc1nc(Cl)c2[nH]c(-c3ccc(N4CCOCC4)cc3)nc2n1.Cc1nc(N)c(N)c(Cl)n1. The number of imidazole rings is 2. The fraction of sp³-hybridized carbons (Fsp3) is 0.315. The summed E-state index contributed by atoms with van der Waals surface area (Å²) in [6, 6.07) is 24.6. The fourth-order valence-electron chi connectivity index (χ4n) is 8.68. The Balaban J connectivity index is 0.000000151. The molecule has 9 aromatic rings. The lowest BCUT2D eigenvalue weighted by molar-refractivity contribution is 0.0254. The lowest BCUT2D eigenvalue weighted by atomic mass is 10.1. The van der Waals surface area contributed by atoms with Crippen molar-refractivity contribution in [2.24, 2.45) is 0 Å². The standard InChI is InChI=1S/C28H28N6O3.C16H16ClN5O.C5H5Cl2N3.C5H7ClN4/c1-18-30-25(20-4-7-24(21(16-20)17-29)37-23-8-12-35-13-9-23)26-28(31-18)33-27(32-26)19-2-5-22(6-3-19)34-10-14-36-15-11-34;1-10-18-14(17)13-16(19-10)21-15(20-13)11-2-4-12(5-3-11)22-6-8-23-9-7-22;1-2-9-4(6)3(8)5(7)10-2;1-2-9-4(6)3(7)5(8)10-2/h2-7,16,23H,8-15H2,1H3,(H,30,31,32,33);2-5H,6-9H2,1H3,(H,18,19,20,21);8H2,1H3;7H2,1H3,(H2,8,9,10). The summed E-state index contributed by atoms with van der Waals surface area (Å²) < 4.78 is 22.4. The molecule has 0 atom stereocenters. The topological polar surface area (TPSA) is 306 Å². The number of fused-ring (bicyclic) bond motifs is 2. The fourth-order valence-corrected chi connectivity index (χ4v) is 9.62. The minimum absolute atomic E-state index is 0.0597. The van der Waals surface area contributed by atoms with Gasteiger partial charge < -0.3 is 55.9 Å². The molecule has 0 amide bonds. The number of nitriles is 1. The van der Waals surface area contributed by atoms with Crippen LogP contribution in [-0.2, 0) is 14.2 Å². The Morgan fingerprint density at radius 1 is 0.525 bits per heavy atom. The lowest BCUT2D eigenvalue weighted by Crippen LogP contribution is -2.36. The highest BCUT2D eigenvalue weighted by Gasteiger charge is 2.21. The summed E-state index contributed by atoms with van der Waals surface area (Å²) in [5, 5.41) is 10.9. The number of nitrogens with one attached hydrogen (secondary N) is 2. The van der Waals surface area contributed by atoms with Gasteiger partial charge in [0.05, 0.1) is 50.9 Å². The summed E-state index contributed by atoms with van der Waals surface area (Å²) in [6.45, 7) is 15.1. The van der Waals surface area contributed by atoms with E-state index in [4.69, 9.17) is 92.5 Å². The van der Waals surface area contributed by atoms with Gasteiger partial charge in [-0.25, -0.2) is 49.8 Å². The molecule has 0 unspecified atom stereocenters. The summed E-state index contributed by atoms with van der Waals surface area (Å²) in [5.74, 6) is 4.57. The van der Waals surface area contributed by atoms with E-state index in [1.165, 1.54) is 11.4 Å². The predicted octanol–water partition coefficient (Wildman–Crippen LogP) is 9.36. The molecular weight excluding hydrogens is 1110 g/mol. The van der Waals surface area contributed by atoms with Crippen LogP contribution >= 0.6 is 46.4 Å². The van der Waals surface area contributed by atoms with Crippen LogP contribution in [0.5, 0.6) is 5.75 Å². The molecule has 0 spiro atoms. The molecule has 3 saturated heterocycles. The van der Waals surface area contributed by atoms with Gasteiger partial charge in [-0.3, -0.25) is 0 Å². The molecule has 80 heavy (non-hydrogen) atoms. The monoisotopic (exact) mass is 1160 g/mol. The largest absolute Gasteiger partial charge is 0.489 e. The van der Waals surface area contributed by atoms with Gasteiger partial charge in [-0.2, -0.15) is 5.26 Å². The first-order valence-electron chi connectivity index (χ1n) is 25.4. The van der Waals surface area contributed by atoms with Crippen LogP contribution < -0.4 is 31.7 Å². The van der Waals surface area contributed by atoms with Crippen molar-refractivity contribution in [3.63, 3.8) is 0 Å². The molecule has 3 fully saturated rings. The van der Waals surface area contributed by atoms with E-state index in [1.54, 1.807) is 20.8 Å². The second-order valence-corrected chi connectivity index (χ2v) is 19.9. The Bertz CT molecular complexity index is 3550. The second kappa shape index (κ2) is 26.0. The maximum atomic E-state index is 9.84. The molecule has 9 heterocycles. The van der Waals surface area contributed by atoms with E-state index in [9.17, 15) is 5.26 Å². The first-order valence-corrected chi connectivity index (χ1v) is 26.9. The number of benzene rings is 3. The van der Waals surface area contributed by atoms with Gasteiger partial charge in [0.25, 0.3) is 0 Å². The van der Waals surface area contributed by atoms with E-state index in [0.29, 0.717) is 75.5 Å². The minimum atomic E-state index is 0.0597. The number of aryl methyl sites for hydroxylation is 4. The number of hydrogen-bond donors (Lipinski definition) is 5. The van der Waals surface area contributed by atoms with Crippen molar-refractivity contribution in [2.45, 2.75) is 46.6 Å². The molecular formula is C54H56Cl4N18O4. The number of nitrogen functional groups attached to an aromatic ring is 3.